The van der Waals surface area contributed by atoms with Gasteiger partial charge in [-0.25, -0.2) is 0 Å². The fourth-order valence-corrected chi connectivity index (χ4v) is 0.994. The highest BCUT2D eigenvalue weighted by molar-refractivity contribution is 4.92. The summed E-state index contributed by atoms with van der Waals surface area (Å²) in [6.45, 7) is 0. The first kappa shape index (κ1) is 6.99. The Morgan fingerprint density at radius 1 is 1.44 bits per heavy atom. The highest BCUT2D eigenvalue weighted by Gasteiger charge is 2.40. The first-order valence-electron chi connectivity index (χ1n) is 3.10. The zero-order chi connectivity index (χ0) is 6.85. The summed E-state index contributed by atoms with van der Waals surface area (Å²) in [5, 5.41) is 0. The minimum absolute atomic E-state index is 0.0833. The minimum Gasteiger partial charge on any atom is -0.356 e. The SMILES string of the molecule is COC(OC)C1CC1N. The number of ether oxygens (including phenoxy) is 2. The van der Waals surface area contributed by atoms with Gasteiger partial charge in [-0.05, 0) is 6.42 Å². The normalized spacial score (nSPS) is 33.3. The molecule has 0 saturated heterocycles. The van der Waals surface area contributed by atoms with Gasteiger partial charge in [0.2, 0.25) is 0 Å². The van der Waals surface area contributed by atoms with E-state index in [0.717, 1.165) is 6.42 Å². The summed E-state index contributed by atoms with van der Waals surface area (Å²) in [5.41, 5.74) is 5.56. The lowest BCUT2D eigenvalue weighted by atomic mass is 10.4. The Bertz CT molecular complexity index is 93.1. The summed E-state index contributed by atoms with van der Waals surface area (Å²) in [4.78, 5) is 0. The summed E-state index contributed by atoms with van der Waals surface area (Å²) in [5.74, 6) is 0.431. The zero-order valence-electron chi connectivity index (χ0n) is 5.83. The molecule has 0 amide bonds. The van der Waals surface area contributed by atoms with Gasteiger partial charge in [-0.1, -0.05) is 0 Å². The summed E-state index contributed by atoms with van der Waals surface area (Å²) in [6.07, 6.45) is 0.951. The number of methoxy groups -OCH3 is 2. The molecule has 1 aliphatic carbocycles. The second-order valence-corrected chi connectivity index (χ2v) is 2.40. The van der Waals surface area contributed by atoms with E-state index >= 15 is 0 Å². The number of nitrogens with two attached hydrogens (primary N) is 1. The summed E-state index contributed by atoms with van der Waals surface area (Å²) in [6, 6.07) is 0.301. The third-order valence-electron chi connectivity index (χ3n) is 1.71. The average molecular weight is 131 g/mol. The van der Waals surface area contributed by atoms with E-state index < -0.39 is 0 Å². The highest BCUT2D eigenvalue weighted by atomic mass is 16.7. The minimum atomic E-state index is -0.0833. The molecule has 0 aliphatic heterocycles. The number of rotatable bonds is 3. The van der Waals surface area contributed by atoms with E-state index in [9.17, 15) is 0 Å². The molecule has 0 aromatic carbocycles. The standard InChI is InChI=1S/C6H13NO2/c1-8-6(9-2)4-3-5(4)7/h4-6H,3,7H2,1-2H3. The Kier molecular flexibility index (Phi) is 2.05. The molecule has 2 N–H and O–H groups in total. The fraction of sp³-hybridized carbons (Fsp3) is 1.00. The van der Waals surface area contributed by atoms with Gasteiger partial charge in [0.1, 0.15) is 0 Å². The van der Waals surface area contributed by atoms with Crippen LogP contribution in [0.1, 0.15) is 6.42 Å². The van der Waals surface area contributed by atoms with E-state index in [1.807, 2.05) is 0 Å². The molecule has 3 heteroatoms. The molecule has 0 spiro atoms. The predicted octanol–water partition coefficient (Wildman–Crippen LogP) is -0.0475. The number of hydrogen-bond donors (Lipinski definition) is 1. The van der Waals surface area contributed by atoms with Gasteiger partial charge in [-0.2, -0.15) is 0 Å². The molecule has 2 unspecified atom stereocenters. The monoisotopic (exact) mass is 131 g/mol. The van der Waals surface area contributed by atoms with Crippen LogP contribution in [0.15, 0.2) is 0 Å². The summed E-state index contributed by atoms with van der Waals surface area (Å²) < 4.78 is 9.98. The van der Waals surface area contributed by atoms with Crippen LogP contribution in [0.5, 0.6) is 0 Å². The van der Waals surface area contributed by atoms with Gasteiger partial charge in [0, 0.05) is 26.2 Å². The van der Waals surface area contributed by atoms with E-state index in [-0.39, 0.29) is 6.29 Å². The van der Waals surface area contributed by atoms with Gasteiger partial charge in [0.15, 0.2) is 6.29 Å². The molecular weight excluding hydrogens is 118 g/mol. The van der Waals surface area contributed by atoms with E-state index in [1.165, 1.54) is 0 Å². The summed E-state index contributed by atoms with van der Waals surface area (Å²) in [7, 11) is 3.28. The van der Waals surface area contributed by atoms with E-state index in [4.69, 9.17) is 15.2 Å². The van der Waals surface area contributed by atoms with Crippen LogP contribution in [0.3, 0.4) is 0 Å². The Labute approximate surface area is 55.1 Å². The Hall–Kier alpha value is -0.120. The van der Waals surface area contributed by atoms with Crippen LogP contribution >= 0.6 is 0 Å². The molecule has 0 bridgehead atoms. The average Bonchev–Trinajstić information content (AvgIpc) is 2.51. The maximum atomic E-state index is 5.56. The lowest BCUT2D eigenvalue weighted by Gasteiger charge is -2.11. The lowest BCUT2D eigenvalue weighted by molar-refractivity contribution is -0.116. The first-order chi connectivity index (χ1) is 4.29. The smallest absolute Gasteiger partial charge is 0.161 e. The van der Waals surface area contributed by atoms with Gasteiger partial charge >= 0.3 is 0 Å². The van der Waals surface area contributed by atoms with Crippen LogP contribution in [-0.2, 0) is 9.47 Å². The first-order valence-corrected chi connectivity index (χ1v) is 3.10. The molecule has 1 aliphatic rings. The van der Waals surface area contributed by atoms with E-state index in [1.54, 1.807) is 14.2 Å². The van der Waals surface area contributed by atoms with Crippen molar-refractivity contribution in [2.24, 2.45) is 11.7 Å². The molecule has 2 atom stereocenters. The van der Waals surface area contributed by atoms with Crippen molar-refractivity contribution in [1.29, 1.82) is 0 Å². The molecular formula is C6H13NO2. The van der Waals surface area contributed by atoms with Crippen molar-refractivity contribution in [3.63, 3.8) is 0 Å². The second-order valence-electron chi connectivity index (χ2n) is 2.40. The Morgan fingerprint density at radius 3 is 2.00 bits per heavy atom. The van der Waals surface area contributed by atoms with Crippen molar-refractivity contribution in [3.05, 3.63) is 0 Å². The molecule has 0 heterocycles. The van der Waals surface area contributed by atoms with Gasteiger partial charge in [0.05, 0.1) is 0 Å². The largest absolute Gasteiger partial charge is 0.356 e. The molecule has 0 radical (unpaired) electrons. The van der Waals surface area contributed by atoms with Crippen molar-refractivity contribution in [3.8, 4) is 0 Å². The molecule has 0 aromatic rings. The molecule has 54 valence electrons. The van der Waals surface area contributed by atoms with Gasteiger partial charge in [0.25, 0.3) is 0 Å². The predicted molar refractivity (Wildman–Crippen MR) is 33.9 cm³/mol. The van der Waals surface area contributed by atoms with Crippen LogP contribution in [-0.4, -0.2) is 26.6 Å². The van der Waals surface area contributed by atoms with Gasteiger partial charge < -0.3 is 15.2 Å². The molecule has 0 aromatic heterocycles. The van der Waals surface area contributed by atoms with Crippen LogP contribution in [0.4, 0.5) is 0 Å². The topological polar surface area (TPSA) is 44.5 Å². The molecule has 1 saturated carbocycles. The Morgan fingerprint density at radius 2 is 1.89 bits per heavy atom. The van der Waals surface area contributed by atoms with Gasteiger partial charge in [-0.15, -0.1) is 0 Å². The van der Waals surface area contributed by atoms with Crippen molar-refractivity contribution in [2.45, 2.75) is 18.8 Å². The maximum absolute atomic E-state index is 5.56. The molecule has 3 nitrogen and oxygen atoms in total. The van der Waals surface area contributed by atoms with Crippen LogP contribution in [0.25, 0.3) is 0 Å². The molecule has 9 heavy (non-hydrogen) atoms. The van der Waals surface area contributed by atoms with Crippen LogP contribution < -0.4 is 5.73 Å². The van der Waals surface area contributed by atoms with E-state index in [0.29, 0.717) is 12.0 Å². The highest BCUT2D eigenvalue weighted by Crippen LogP contribution is 2.32. The van der Waals surface area contributed by atoms with Crippen LogP contribution in [0.2, 0.25) is 0 Å². The van der Waals surface area contributed by atoms with Crippen molar-refractivity contribution >= 4 is 0 Å². The number of hydrogen-bond acceptors (Lipinski definition) is 3. The van der Waals surface area contributed by atoms with Crippen LogP contribution in [0, 0.1) is 5.92 Å². The summed E-state index contributed by atoms with van der Waals surface area (Å²) >= 11 is 0. The van der Waals surface area contributed by atoms with Crippen molar-refractivity contribution < 1.29 is 9.47 Å². The fourth-order valence-electron chi connectivity index (χ4n) is 0.994. The maximum Gasteiger partial charge on any atom is 0.161 e. The second kappa shape index (κ2) is 2.64. The molecule has 1 fully saturated rings. The zero-order valence-corrected chi connectivity index (χ0v) is 5.83. The van der Waals surface area contributed by atoms with Crippen molar-refractivity contribution in [2.75, 3.05) is 14.2 Å². The Balaban J connectivity index is 2.23. The van der Waals surface area contributed by atoms with Gasteiger partial charge in [-0.3, -0.25) is 0 Å². The third kappa shape index (κ3) is 1.41. The quantitative estimate of drug-likeness (QED) is 0.546. The van der Waals surface area contributed by atoms with Crippen molar-refractivity contribution in [1.82, 2.24) is 0 Å². The van der Waals surface area contributed by atoms with E-state index in [2.05, 4.69) is 0 Å². The lowest BCUT2D eigenvalue weighted by Crippen LogP contribution is -2.20. The molecule has 1 rings (SSSR count). The third-order valence-corrected chi connectivity index (χ3v) is 1.71.